The van der Waals surface area contributed by atoms with Crippen LogP contribution in [-0.2, 0) is 0 Å². The summed E-state index contributed by atoms with van der Waals surface area (Å²) in [4.78, 5) is 3.01. The zero-order valence-electron chi connectivity index (χ0n) is 10.00. The fourth-order valence-electron chi connectivity index (χ4n) is 1.82. The van der Waals surface area contributed by atoms with Crippen molar-refractivity contribution >= 4 is 16.6 Å². The van der Waals surface area contributed by atoms with Crippen molar-refractivity contribution in [2.45, 2.75) is 6.92 Å². The van der Waals surface area contributed by atoms with E-state index in [0.717, 1.165) is 10.9 Å². The molecular weight excluding hydrogens is 231 g/mol. The first kappa shape index (κ1) is 12.0. The van der Waals surface area contributed by atoms with E-state index in [4.69, 9.17) is 17.2 Å². The van der Waals surface area contributed by atoms with E-state index >= 15 is 0 Å². The van der Waals surface area contributed by atoms with Gasteiger partial charge in [0.05, 0.1) is 5.82 Å². The molecule has 1 heterocycles. The highest BCUT2D eigenvalue weighted by Gasteiger charge is 2.09. The normalized spacial score (nSPS) is 12.3. The molecular formula is C13H15FN4. The number of hydrogen-bond acceptors (Lipinski definition) is 3. The molecule has 0 unspecified atom stereocenters. The predicted octanol–water partition coefficient (Wildman–Crippen LogP) is 1.76. The summed E-state index contributed by atoms with van der Waals surface area (Å²) < 4.78 is 13.9. The van der Waals surface area contributed by atoms with Gasteiger partial charge in [-0.3, -0.25) is 0 Å². The number of H-pyrrole nitrogens is 1. The average Bonchev–Trinajstić information content (AvgIpc) is 2.72. The minimum Gasteiger partial charge on any atom is -0.398 e. The van der Waals surface area contributed by atoms with E-state index < -0.39 is 0 Å². The lowest BCUT2D eigenvalue weighted by Gasteiger charge is -2.07. The minimum absolute atomic E-state index is 0.136. The topological polar surface area (TPSA) is 93.8 Å². The number of fused-ring (bicyclic) bond motifs is 1. The van der Waals surface area contributed by atoms with Gasteiger partial charge in [0.15, 0.2) is 0 Å². The monoisotopic (exact) mass is 246 g/mol. The number of rotatable bonds is 2. The number of benzene rings is 1. The van der Waals surface area contributed by atoms with Gasteiger partial charge in [-0.2, -0.15) is 0 Å². The molecule has 0 amide bonds. The Hall–Kier alpha value is -2.43. The SMILES string of the molecule is C/C(C=C(N)N)=C(/N)c1cc2[nH]ccc2cc1F. The molecule has 2 rings (SSSR count). The maximum absolute atomic E-state index is 13.9. The highest BCUT2D eigenvalue weighted by atomic mass is 19.1. The Kier molecular flexibility index (Phi) is 2.97. The zero-order chi connectivity index (χ0) is 13.3. The van der Waals surface area contributed by atoms with Gasteiger partial charge < -0.3 is 22.2 Å². The third kappa shape index (κ3) is 2.15. The number of allylic oxidation sites excluding steroid dienone is 2. The number of nitrogens with two attached hydrogens (primary N) is 3. The Balaban J connectivity index is 2.59. The van der Waals surface area contributed by atoms with Crippen LogP contribution in [0.25, 0.3) is 16.6 Å². The molecule has 0 atom stereocenters. The van der Waals surface area contributed by atoms with Crippen molar-refractivity contribution in [2.24, 2.45) is 17.2 Å². The van der Waals surface area contributed by atoms with E-state index in [0.29, 0.717) is 16.8 Å². The second-order valence-corrected chi connectivity index (χ2v) is 4.14. The van der Waals surface area contributed by atoms with Crippen molar-refractivity contribution in [1.82, 2.24) is 4.98 Å². The van der Waals surface area contributed by atoms with Gasteiger partial charge in [-0.15, -0.1) is 0 Å². The number of hydrogen-bond donors (Lipinski definition) is 4. The summed E-state index contributed by atoms with van der Waals surface area (Å²) in [5.74, 6) is -0.236. The molecule has 0 radical (unpaired) electrons. The van der Waals surface area contributed by atoms with Gasteiger partial charge in [-0.05, 0) is 36.8 Å². The van der Waals surface area contributed by atoms with Gasteiger partial charge in [0, 0.05) is 28.4 Å². The van der Waals surface area contributed by atoms with Crippen LogP contribution in [0.3, 0.4) is 0 Å². The molecule has 2 aromatic rings. The molecule has 0 aliphatic carbocycles. The summed E-state index contributed by atoms with van der Waals surface area (Å²) in [5, 5.41) is 0.801. The summed E-state index contributed by atoms with van der Waals surface area (Å²) in [7, 11) is 0. The lowest BCUT2D eigenvalue weighted by atomic mass is 10.1. The Morgan fingerprint density at radius 3 is 2.67 bits per heavy atom. The van der Waals surface area contributed by atoms with E-state index in [2.05, 4.69) is 4.98 Å². The standard InChI is InChI=1S/C13H15FN4/c1-7(4-12(15)16)13(17)9-6-11-8(2-3-18-11)5-10(9)14/h2-6,18H,15-17H2,1H3/b13-7-. The molecule has 94 valence electrons. The second kappa shape index (κ2) is 4.44. The highest BCUT2D eigenvalue weighted by molar-refractivity contribution is 5.84. The maximum Gasteiger partial charge on any atom is 0.133 e. The van der Waals surface area contributed by atoms with Crippen LogP contribution in [0.15, 0.2) is 41.9 Å². The Labute approximate surface area is 104 Å². The molecule has 7 N–H and O–H groups in total. The van der Waals surface area contributed by atoms with Crippen LogP contribution in [0.2, 0.25) is 0 Å². The third-order valence-corrected chi connectivity index (χ3v) is 2.74. The largest absolute Gasteiger partial charge is 0.398 e. The van der Waals surface area contributed by atoms with E-state index in [1.807, 2.05) is 0 Å². The van der Waals surface area contributed by atoms with Crippen molar-refractivity contribution in [3.8, 4) is 0 Å². The first-order valence-electron chi connectivity index (χ1n) is 5.45. The molecule has 0 aliphatic heterocycles. The average molecular weight is 246 g/mol. The van der Waals surface area contributed by atoms with Gasteiger partial charge in [0.2, 0.25) is 0 Å². The summed E-state index contributed by atoms with van der Waals surface area (Å²) >= 11 is 0. The van der Waals surface area contributed by atoms with Crippen molar-refractivity contribution in [3.63, 3.8) is 0 Å². The van der Waals surface area contributed by atoms with Crippen molar-refractivity contribution in [1.29, 1.82) is 0 Å². The Bertz CT molecular complexity index is 648. The lowest BCUT2D eigenvalue weighted by molar-refractivity contribution is 0.625. The van der Waals surface area contributed by atoms with E-state index in [9.17, 15) is 4.39 Å². The molecule has 1 aromatic carbocycles. The van der Waals surface area contributed by atoms with E-state index in [1.54, 1.807) is 25.3 Å². The summed E-state index contributed by atoms with van der Waals surface area (Å²) in [6, 6.07) is 4.91. The molecule has 0 bridgehead atoms. The molecule has 18 heavy (non-hydrogen) atoms. The molecule has 0 spiro atoms. The molecule has 1 aromatic heterocycles. The van der Waals surface area contributed by atoms with Crippen LogP contribution in [0.5, 0.6) is 0 Å². The number of aromatic nitrogens is 1. The van der Waals surface area contributed by atoms with Crippen molar-refractivity contribution < 1.29 is 4.39 Å². The van der Waals surface area contributed by atoms with Gasteiger partial charge in [0.25, 0.3) is 0 Å². The van der Waals surface area contributed by atoms with Gasteiger partial charge in [-0.1, -0.05) is 0 Å². The fraction of sp³-hybridized carbons (Fsp3) is 0.0769. The molecule has 0 saturated carbocycles. The van der Waals surface area contributed by atoms with E-state index in [-0.39, 0.29) is 11.6 Å². The van der Waals surface area contributed by atoms with Crippen LogP contribution in [0.1, 0.15) is 12.5 Å². The van der Waals surface area contributed by atoms with E-state index in [1.165, 1.54) is 12.1 Å². The third-order valence-electron chi connectivity index (χ3n) is 2.74. The fourth-order valence-corrected chi connectivity index (χ4v) is 1.82. The second-order valence-electron chi connectivity index (χ2n) is 4.14. The maximum atomic E-state index is 13.9. The smallest absolute Gasteiger partial charge is 0.133 e. The minimum atomic E-state index is -0.372. The summed E-state index contributed by atoms with van der Waals surface area (Å²) in [5.41, 5.74) is 18.8. The van der Waals surface area contributed by atoms with Crippen LogP contribution in [0.4, 0.5) is 4.39 Å². The molecule has 0 aliphatic rings. The predicted molar refractivity (Wildman–Crippen MR) is 71.5 cm³/mol. The summed E-state index contributed by atoms with van der Waals surface area (Å²) in [6.07, 6.45) is 3.26. The quantitative estimate of drug-likeness (QED) is 0.608. The van der Waals surface area contributed by atoms with Crippen LogP contribution in [-0.4, -0.2) is 4.98 Å². The van der Waals surface area contributed by atoms with Crippen molar-refractivity contribution in [3.05, 3.63) is 53.2 Å². The van der Waals surface area contributed by atoms with Crippen LogP contribution >= 0.6 is 0 Å². The first-order chi connectivity index (χ1) is 8.49. The lowest BCUT2D eigenvalue weighted by Crippen LogP contribution is -2.09. The Morgan fingerprint density at radius 2 is 2.00 bits per heavy atom. The Morgan fingerprint density at radius 1 is 1.28 bits per heavy atom. The number of halogens is 1. The van der Waals surface area contributed by atoms with Crippen LogP contribution in [0, 0.1) is 5.82 Å². The molecule has 0 saturated heterocycles. The van der Waals surface area contributed by atoms with Crippen molar-refractivity contribution in [2.75, 3.05) is 0 Å². The highest BCUT2D eigenvalue weighted by Crippen LogP contribution is 2.23. The number of aromatic amines is 1. The number of nitrogens with one attached hydrogen (secondary N) is 1. The first-order valence-corrected chi connectivity index (χ1v) is 5.45. The van der Waals surface area contributed by atoms with Gasteiger partial charge in [-0.25, -0.2) is 4.39 Å². The molecule has 5 heteroatoms. The zero-order valence-corrected chi connectivity index (χ0v) is 10.00. The van der Waals surface area contributed by atoms with Crippen LogP contribution < -0.4 is 17.2 Å². The summed E-state index contributed by atoms with van der Waals surface area (Å²) in [6.45, 7) is 1.73. The van der Waals surface area contributed by atoms with Gasteiger partial charge in [0.1, 0.15) is 5.82 Å². The molecule has 0 fully saturated rings. The molecule has 4 nitrogen and oxygen atoms in total. The van der Waals surface area contributed by atoms with Gasteiger partial charge >= 0.3 is 0 Å².